The van der Waals surface area contributed by atoms with Crippen LogP contribution in [0.5, 0.6) is 5.75 Å². The largest absolute Gasteiger partial charge is 0.489 e. The molecule has 2 N–H and O–H groups in total. The zero-order chi connectivity index (χ0) is 22.4. The van der Waals surface area contributed by atoms with Gasteiger partial charge in [0.05, 0.1) is 10.5 Å². The minimum atomic E-state index is -4.73. The lowest BCUT2D eigenvalue weighted by Crippen LogP contribution is -2.30. The molecule has 0 radical (unpaired) electrons. The fraction of sp³-hybridized carbons (Fsp3) is 0.0952. The molecule has 0 unspecified atom stereocenters. The number of para-hydroxylation sites is 1. The van der Waals surface area contributed by atoms with Crippen LogP contribution in [-0.2, 0) is 12.8 Å². The van der Waals surface area contributed by atoms with Gasteiger partial charge in [-0.3, -0.25) is 25.8 Å². The fourth-order valence-electron chi connectivity index (χ4n) is 2.70. The SMILES string of the molecule is O=C(NNc1ccc(C(F)(F)F)cc1[N+](=O)[O-])c1ccccc1COc1ccccc1. The van der Waals surface area contributed by atoms with E-state index in [1.807, 2.05) is 6.07 Å². The average molecular weight is 431 g/mol. The van der Waals surface area contributed by atoms with Gasteiger partial charge in [0.1, 0.15) is 18.0 Å². The normalized spacial score (nSPS) is 10.9. The Labute approximate surface area is 174 Å². The van der Waals surface area contributed by atoms with Crippen molar-refractivity contribution < 1.29 is 27.6 Å². The number of nitro groups is 1. The van der Waals surface area contributed by atoms with Crippen molar-refractivity contribution in [3.63, 3.8) is 0 Å². The summed E-state index contributed by atoms with van der Waals surface area (Å²) in [6.07, 6.45) is -4.73. The first-order valence-electron chi connectivity index (χ1n) is 8.93. The molecular formula is C21H16F3N3O4. The Morgan fingerprint density at radius 3 is 2.35 bits per heavy atom. The second-order valence-corrected chi connectivity index (χ2v) is 6.32. The third-order valence-electron chi connectivity index (χ3n) is 4.23. The molecule has 0 bridgehead atoms. The van der Waals surface area contributed by atoms with E-state index in [4.69, 9.17) is 4.74 Å². The van der Waals surface area contributed by atoms with Crippen LogP contribution < -0.4 is 15.6 Å². The van der Waals surface area contributed by atoms with Gasteiger partial charge in [0.15, 0.2) is 0 Å². The Morgan fingerprint density at radius 2 is 1.68 bits per heavy atom. The summed E-state index contributed by atoms with van der Waals surface area (Å²) in [7, 11) is 0. The molecule has 1 amide bonds. The molecule has 0 saturated heterocycles. The number of nitrogens with one attached hydrogen (secondary N) is 2. The van der Waals surface area contributed by atoms with Crippen LogP contribution in [0.25, 0.3) is 0 Å². The highest BCUT2D eigenvalue weighted by Crippen LogP contribution is 2.34. The van der Waals surface area contributed by atoms with Gasteiger partial charge in [0, 0.05) is 17.2 Å². The lowest BCUT2D eigenvalue weighted by molar-refractivity contribution is -0.384. The van der Waals surface area contributed by atoms with Crippen molar-refractivity contribution >= 4 is 17.3 Å². The summed E-state index contributed by atoms with van der Waals surface area (Å²) in [5.74, 6) is -0.0299. The second-order valence-electron chi connectivity index (χ2n) is 6.32. The van der Waals surface area contributed by atoms with Gasteiger partial charge in [-0.2, -0.15) is 13.2 Å². The Balaban J connectivity index is 1.73. The van der Waals surface area contributed by atoms with Gasteiger partial charge < -0.3 is 4.74 Å². The van der Waals surface area contributed by atoms with Gasteiger partial charge >= 0.3 is 6.18 Å². The summed E-state index contributed by atoms with van der Waals surface area (Å²) in [4.78, 5) is 22.8. The molecular weight excluding hydrogens is 415 g/mol. The van der Waals surface area contributed by atoms with Crippen molar-refractivity contribution in [1.82, 2.24) is 5.43 Å². The Morgan fingerprint density at radius 1 is 1.00 bits per heavy atom. The van der Waals surface area contributed by atoms with E-state index in [9.17, 15) is 28.1 Å². The van der Waals surface area contributed by atoms with Gasteiger partial charge in [-0.25, -0.2) is 0 Å². The number of nitro benzene ring substituents is 1. The number of carbonyl (C=O) groups is 1. The number of ether oxygens (including phenoxy) is 1. The standard InChI is InChI=1S/C21H16F3N3O4/c22-21(23,24)15-10-11-18(19(12-15)27(29)30)25-26-20(28)17-9-5-4-6-14(17)13-31-16-7-2-1-3-8-16/h1-12,25H,13H2,(H,26,28). The summed E-state index contributed by atoms with van der Waals surface area (Å²) in [5.41, 5.74) is 3.11. The molecule has 3 rings (SSSR count). The maximum atomic E-state index is 12.8. The first-order valence-corrected chi connectivity index (χ1v) is 8.93. The number of amides is 1. The smallest absolute Gasteiger partial charge is 0.416 e. The third kappa shape index (κ3) is 5.50. The predicted octanol–water partition coefficient (Wildman–Crippen LogP) is 4.95. The Kier molecular flexibility index (Phi) is 6.39. The second kappa shape index (κ2) is 9.16. The molecule has 0 heterocycles. The van der Waals surface area contributed by atoms with E-state index in [0.29, 0.717) is 23.4 Å². The molecule has 3 aromatic carbocycles. The van der Waals surface area contributed by atoms with Crippen molar-refractivity contribution in [3.05, 3.63) is 99.6 Å². The molecule has 31 heavy (non-hydrogen) atoms. The van der Waals surface area contributed by atoms with Crippen LogP contribution in [-0.4, -0.2) is 10.8 Å². The number of carbonyl (C=O) groups excluding carboxylic acids is 1. The van der Waals surface area contributed by atoms with Crippen LogP contribution in [0.1, 0.15) is 21.5 Å². The Bertz CT molecular complexity index is 1090. The first-order chi connectivity index (χ1) is 14.8. The number of alkyl halides is 3. The molecule has 0 saturated carbocycles. The molecule has 3 aromatic rings. The number of hydrogen-bond acceptors (Lipinski definition) is 5. The summed E-state index contributed by atoms with van der Waals surface area (Å²) in [5, 5.41) is 11.2. The van der Waals surface area contributed by atoms with Gasteiger partial charge in [0.2, 0.25) is 0 Å². The number of anilines is 1. The third-order valence-corrected chi connectivity index (χ3v) is 4.23. The van der Waals surface area contributed by atoms with Crippen LogP contribution >= 0.6 is 0 Å². The number of nitrogens with zero attached hydrogens (tertiary/aromatic N) is 1. The molecule has 0 spiro atoms. The van der Waals surface area contributed by atoms with E-state index in [0.717, 1.165) is 6.07 Å². The zero-order valence-corrected chi connectivity index (χ0v) is 15.8. The summed E-state index contributed by atoms with van der Waals surface area (Å²) in [6, 6.07) is 17.5. The highest BCUT2D eigenvalue weighted by atomic mass is 19.4. The van der Waals surface area contributed by atoms with E-state index in [-0.39, 0.29) is 17.9 Å². The van der Waals surface area contributed by atoms with Gasteiger partial charge in [-0.15, -0.1) is 0 Å². The monoisotopic (exact) mass is 431 g/mol. The molecule has 0 atom stereocenters. The van der Waals surface area contributed by atoms with Gasteiger partial charge in [-0.1, -0.05) is 36.4 Å². The number of hydrazine groups is 1. The summed E-state index contributed by atoms with van der Waals surface area (Å²) in [6.45, 7) is 0.0913. The molecule has 0 aliphatic heterocycles. The van der Waals surface area contributed by atoms with Crippen molar-refractivity contribution in [2.24, 2.45) is 0 Å². The van der Waals surface area contributed by atoms with Crippen molar-refractivity contribution in [1.29, 1.82) is 0 Å². The van der Waals surface area contributed by atoms with E-state index in [1.165, 1.54) is 6.07 Å². The van der Waals surface area contributed by atoms with Crippen LogP contribution in [0, 0.1) is 10.1 Å². The minimum absolute atomic E-state index is 0.0913. The summed E-state index contributed by atoms with van der Waals surface area (Å²) >= 11 is 0. The van der Waals surface area contributed by atoms with Crippen molar-refractivity contribution in [2.45, 2.75) is 12.8 Å². The first kappa shape index (κ1) is 21.6. The maximum Gasteiger partial charge on any atom is 0.416 e. The van der Waals surface area contributed by atoms with Crippen LogP contribution in [0.4, 0.5) is 24.5 Å². The minimum Gasteiger partial charge on any atom is -0.489 e. The van der Waals surface area contributed by atoms with E-state index >= 15 is 0 Å². The van der Waals surface area contributed by atoms with E-state index < -0.39 is 28.3 Å². The van der Waals surface area contributed by atoms with Crippen LogP contribution in [0.2, 0.25) is 0 Å². The molecule has 160 valence electrons. The molecule has 0 aliphatic rings. The number of hydrogen-bond donors (Lipinski definition) is 2. The van der Waals surface area contributed by atoms with Gasteiger partial charge in [-0.05, 0) is 30.3 Å². The van der Waals surface area contributed by atoms with Crippen LogP contribution in [0.3, 0.4) is 0 Å². The molecule has 0 aromatic heterocycles. The summed E-state index contributed by atoms with van der Waals surface area (Å²) < 4.78 is 44.1. The van der Waals surface area contributed by atoms with Crippen molar-refractivity contribution in [3.8, 4) is 5.75 Å². The molecule has 7 nitrogen and oxygen atoms in total. The number of halogens is 3. The van der Waals surface area contributed by atoms with Crippen molar-refractivity contribution in [2.75, 3.05) is 5.43 Å². The fourth-order valence-corrected chi connectivity index (χ4v) is 2.70. The molecule has 0 fully saturated rings. The van der Waals surface area contributed by atoms with E-state index in [2.05, 4.69) is 10.9 Å². The lowest BCUT2D eigenvalue weighted by atomic mass is 10.1. The molecule has 0 aliphatic carbocycles. The molecule has 10 heteroatoms. The number of rotatable bonds is 7. The van der Waals surface area contributed by atoms with Gasteiger partial charge in [0.25, 0.3) is 11.6 Å². The highest BCUT2D eigenvalue weighted by molar-refractivity contribution is 5.96. The van der Waals surface area contributed by atoms with E-state index in [1.54, 1.807) is 42.5 Å². The average Bonchev–Trinajstić information content (AvgIpc) is 2.76. The number of benzene rings is 3. The topological polar surface area (TPSA) is 93.5 Å². The Hall–Kier alpha value is -4.08. The quantitative estimate of drug-likeness (QED) is 0.408. The highest BCUT2D eigenvalue weighted by Gasteiger charge is 2.33. The maximum absolute atomic E-state index is 12.8. The predicted molar refractivity (Wildman–Crippen MR) is 106 cm³/mol. The zero-order valence-electron chi connectivity index (χ0n) is 15.8. The lowest BCUT2D eigenvalue weighted by Gasteiger charge is -2.13. The van der Waals surface area contributed by atoms with Crippen LogP contribution in [0.15, 0.2) is 72.8 Å².